The second-order valence-electron chi connectivity index (χ2n) is 6.63. The summed E-state index contributed by atoms with van der Waals surface area (Å²) in [6.45, 7) is 3.35. The van der Waals surface area contributed by atoms with Crippen LogP contribution in [0.5, 0.6) is 0 Å². The quantitative estimate of drug-likeness (QED) is 0.924. The second-order valence-corrected chi connectivity index (χ2v) is 6.63. The number of carbonyl (C=O) groups is 2. The summed E-state index contributed by atoms with van der Waals surface area (Å²) < 4.78 is 0. The van der Waals surface area contributed by atoms with Gasteiger partial charge in [0, 0.05) is 43.3 Å². The predicted octanol–water partition coefficient (Wildman–Crippen LogP) is 1.75. The minimum absolute atomic E-state index is 0.0319. The number of piperazine rings is 1. The van der Waals surface area contributed by atoms with Gasteiger partial charge in [0.2, 0.25) is 0 Å². The van der Waals surface area contributed by atoms with Crippen molar-refractivity contribution in [1.82, 2.24) is 15.1 Å². The molecule has 0 atom stereocenters. The summed E-state index contributed by atoms with van der Waals surface area (Å²) in [7, 11) is 2.07. The predicted molar refractivity (Wildman–Crippen MR) is 89.6 cm³/mol. The third kappa shape index (κ3) is 3.91. The zero-order valence-electron chi connectivity index (χ0n) is 13.8. The Morgan fingerprint density at radius 3 is 2.13 bits per heavy atom. The molecule has 1 saturated heterocycles. The zero-order chi connectivity index (χ0) is 16.2. The molecular formula is C18H25N3O2. The van der Waals surface area contributed by atoms with Gasteiger partial charge in [0.25, 0.3) is 11.8 Å². The second kappa shape index (κ2) is 7.13. The molecule has 1 heterocycles. The summed E-state index contributed by atoms with van der Waals surface area (Å²) in [5.74, 6) is 0.0244. The van der Waals surface area contributed by atoms with Crippen LogP contribution in [0.3, 0.4) is 0 Å². The Morgan fingerprint density at radius 1 is 0.957 bits per heavy atom. The lowest BCUT2D eigenvalue weighted by Crippen LogP contribution is -2.47. The van der Waals surface area contributed by atoms with Gasteiger partial charge in [-0.1, -0.05) is 12.8 Å². The summed E-state index contributed by atoms with van der Waals surface area (Å²) in [5.41, 5.74) is 1.29. The first-order valence-electron chi connectivity index (χ1n) is 8.52. The molecule has 0 bridgehead atoms. The number of hydrogen-bond acceptors (Lipinski definition) is 3. The van der Waals surface area contributed by atoms with E-state index in [1.807, 2.05) is 4.90 Å². The smallest absolute Gasteiger partial charge is 0.253 e. The molecule has 0 radical (unpaired) electrons. The van der Waals surface area contributed by atoms with Crippen LogP contribution in [-0.2, 0) is 0 Å². The van der Waals surface area contributed by atoms with Gasteiger partial charge in [-0.3, -0.25) is 9.59 Å². The van der Waals surface area contributed by atoms with Crippen LogP contribution in [0.15, 0.2) is 24.3 Å². The van der Waals surface area contributed by atoms with Crippen molar-refractivity contribution >= 4 is 11.8 Å². The molecule has 0 aromatic heterocycles. The van der Waals surface area contributed by atoms with Crippen molar-refractivity contribution in [1.29, 1.82) is 0 Å². The Hall–Kier alpha value is -1.88. The van der Waals surface area contributed by atoms with Gasteiger partial charge in [0.05, 0.1) is 0 Å². The summed E-state index contributed by atoms with van der Waals surface area (Å²) in [6.07, 6.45) is 4.55. The standard InChI is InChI=1S/C18H25N3O2/c1-20-10-12-21(13-11-20)18(23)15-8-6-14(7-9-15)17(22)19-16-4-2-3-5-16/h6-9,16H,2-5,10-13H2,1H3,(H,19,22). The van der Waals surface area contributed by atoms with Gasteiger partial charge in [0.1, 0.15) is 0 Å². The molecule has 1 saturated carbocycles. The van der Waals surface area contributed by atoms with Crippen LogP contribution >= 0.6 is 0 Å². The average molecular weight is 315 g/mol. The van der Waals surface area contributed by atoms with Crippen molar-refractivity contribution < 1.29 is 9.59 Å². The third-order valence-corrected chi connectivity index (χ3v) is 4.87. The van der Waals surface area contributed by atoms with Crippen LogP contribution in [0.25, 0.3) is 0 Å². The van der Waals surface area contributed by atoms with E-state index < -0.39 is 0 Å². The monoisotopic (exact) mass is 315 g/mol. The number of carbonyl (C=O) groups excluding carboxylic acids is 2. The fourth-order valence-electron chi connectivity index (χ4n) is 3.30. The maximum absolute atomic E-state index is 12.5. The molecule has 2 fully saturated rings. The number of hydrogen-bond donors (Lipinski definition) is 1. The number of amides is 2. The van der Waals surface area contributed by atoms with Crippen molar-refractivity contribution in [2.75, 3.05) is 33.2 Å². The molecule has 5 heteroatoms. The average Bonchev–Trinajstić information content (AvgIpc) is 3.08. The summed E-state index contributed by atoms with van der Waals surface area (Å²) in [6, 6.07) is 7.37. The van der Waals surface area contributed by atoms with E-state index in [4.69, 9.17) is 0 Å². The molecule has 1 aliphatic carbocycles. The van der Waals surface area contributed by atoms with Crippen molar-refractivity contribution in [2.24, 2.45) is 0 Å². The van der Waals surface area contributed by atoms with Crippen molar-refractivity contribution in [3.8, 4) is 0 Å². The van der Waals surface area contributed by atoms with Crippen LogP contribution in [0.4, 0.5) is 0 Å². The molecular weight excluding hydrogens is 290 g/mol. The lowest BCUT2D eigenvalue weighted by Gasteiger charge is -2.32. The van der Waals surface area contributed by atoms with E-state index in [0.29, 0.717) is 17.2 Å². The topological polar surface area (TPSA) is 52.7 Å². The number of rotatable bonds is 3. The van der Waals surface area contributed by atoms with Crippen LogP contribution in [0.2, 0.25) is 0 Å². The van der Waals surface area contributed by atoms with Gasteiger partial charge in [0.15, 0.2) is 0 Å². The normalized spacial score (nSPS) is 19.8. The molecule has 23 heavy (non-hydrogen) atoms. The van der Waals surface area contributed by atoms with Gasteiger partial charge >= 0.3 is 0 Å². The van der Waals surface area contributed by atoms with Crippen molar-refractivity contribution in [3.05, 3.63) is 35.4 Å². The first kappa shape index (κ1) is 16.0. The highest BCUT2D eigenvalue weighted by Crippen LogP contribution is 2.18. The highest BCUT2D eigenvalue weighted by molar-refractivity contribution is 5.98. The van der Waals surface area contributed by atoms with E-state index >= 15 is 0 Å². The van der Waals surface area contributed by atoms with Gasteiger partial charge in [-0.05, 0) is 44.2 Å². The SMILES string of the molecule is CN1CCN(C(=O)c2ccc(C(=O)NC3CCCC3)cc2)CC1. The number of nitrogens with one attached hydrogen (secondary N) is 1. The van der Waals surface area contributed by atoms with Crippen LogP contribution in [0, 0.1) is 0 Å². The van der Waals surface area contributed by atoms with Crippen molar-refractivity contribution in [3.63, 3.8) is 0 Å². The molecule has 1 aromatic carbocycles. The summed E-state index contributed by atoms with van der Waals surface area (Å²) in [4.78, 5) is 28.8. The Labute approximate surface area is 137 Å². The van der Waals surface area contributed by atoms with Crippen molar-refractivity contribution in [2.45, 2.75) is 31.7 Å². The van der Waals surface area contributed by atoms with E-state index in [2.05, 4.69) is 17.3 Å². The maximum atomic E-state index is 12.5. The third-order valence-electron chi connectivity index (χ3n) is 4.87. The first-order chi connectivity index (χ1) is 11.1. The van der Waals surface area contributed by atoms with Gasteiger partial charge in [-0.15, -0.1) is 0 Å². The molecule has 0 spiro atoms. The van der Waals surface area contributed by atoms with E-state index in [1.165, 1.54) is 12.8 Å². The fraction of sp³-hybridized carbons (Fsp3) is 0.556. The molecule has 1 aliphatic heterocycles. The Bertz CT molecular complexity index is 556. The zero-order valence-corrected chi connectivity index (χ0v) is 13.8. The molecule has 124 valence electrons. The molecule has 2 amide bonds. The molecule has 1 N–H and O–H groups in total. The van der Waals surface area contributed by atoms with Gasteiger partial charge in [-0.25, -0.2) is 0 Å². The summed E-state index contributed by atoms with van der Waals surface area (Å²) in [5, 5.41) is 3.07. The first-order valence-corrected chi connectivity index (χ1v) is 8.52. The molecule has 0 unspecified atom stereocenters. The molecule has 3 rings (SSSR count). The minimum atomic E-state index is -0.0319. The lowest BCUT2D eigenvalue weighted by atomic mass is 10.1. The van der Waals surface area contributed by atoms with E-state index in [9.17, 15) is 9.59 Å². The molecule has 2 aliphatic rings. The van der Waals surface area contributed by atoms with Gasteiger partial charge < -0.3 is 15.1 Å². The maximum Gasteiger partial charge on any atom is 0.253 e. The molecule has 1 aromatic rings. The van der Waals surface area contributed by atoms with Crippen LogP contribution < -0.4 is 5.32 Å². The Balaban J connectivity index is 1.59. The fourth-order valence-corrected chi connectivity index (χ4v) is 3.30. The largest absolute Gasteiger partial charge is 0.349 e. The van der Waals surface area contributed by atoms with Crippen LogP contribution in [0.1, 0.15) is 46.4 Å². The minimum Gasteiger partial charge on any atom is -0.349 e. The van der Waals surface area contributed by atoms with Crippen LogP contribution in [-0.4, -0.2) is 60.9 Å². The Morgan fingerprint density at radius 2 is 1.52 bits per heavy atom. The highest BCUT2D eigenvalue weighted by atomic mass is 16.2. The van der Waals surface area contributed by atoms with Gasteiger partial charge in [-0.2, -0.15) is 0 Å². The lowest BCUT2D eigenvalue weighted by molar-refractivity contribution is 0.0663. The molecule has 5 nitrogen and oxygen atoms in total. The van der Waals surface area contributed by atoms with E-state index in [1.54, 1.807) is 24.3 Å². The van der Waals surface area contributed by atoms with E-state index in [-0.39, 0.29) is 11.8 Å². The number of benzene rings is 1. The number of likely N-dealkylation sites (N-methyl/N-ethyl adjacent to an activating group) is 1. The Kier molecular flexibility index (Phi) is 4.96. The van der Waals surface area contributed by atoms with E-state index in [0.717, 1.165) is 39.0 Å². The number of nitrogens with zero attached hydrogens (tertiary/aromatic N) is 2. The summed E-state index contributed by atoms with van der Waals surface area (Å²) >= 11 is 0. The highest BCUT2D eigenvalue weighted by Gasteiger charge is 2.21.